The second-order valence-electron chi connectivity index (χ2n) is 2.88. The summed E-state index contributed by atoms with van der Waals surface area (Å²) in [6, 6.07) is 0. The van der Waals surface area contributed by atoms with Gasteiger partial charge in [0.05, 0.1) is 18.0 Å². The molecule has 1 heterocycles. The van der Waals surface area contributed by atoms with Gasteiger partial charge in [-0.1, -0.05) is 18.5 Å². The molecule has 2 N–H and O–H groups in total. The Morgan fingerprint density at radius 3 is 2.85 bits per heavy atom. The van der Waals surface area contributed by atoms with Crippen LogP contribution in [-0.2, 0) is 0 Å². The van der Waals surface area contributed by atoms with E-state index in [1.807, 2.05) is 13.8 Å². The van der Waals surface area contributed by atoms with Crippen LogP contribution in [0.2, 0.25) is 5.02 Å². The first kappa shape index (κ1) is 10.1. The van der Waals surface area contributed by atoms with Gasteiger partial charge in [-0.2, -0.15) is 0 Å². The lowest BCUT2D eigenvalue weighted by atomic mass is 10.3. The van der Waals surface area contributed by atoms with Gasteiger partial charge in [0.25, 0.3) is 0 Å². The molecule has 0 radical (unpaired) electrons. The quantitative estimate of drug-likeness (QED) is 0.816. The van der Waals surface area contributed by atoms with Crippen molar-refractivity contribution in [2.24, 2.45) is 0 Å². The van der Waals surface area contributed by atoms with Crippen LogP contribution in [0.4, 0.5) is 5.69 Å². The molecule has 4 heteroatoms. The fourth-order valence-electron chi connectivity index (χ4n) is 0.847. The number of aromatic nitrogens is 1. The lowest BCUT2D eigenvalue weighted by Gasteiger charge is -2.14. The van der Waals surface area contributed by atoms with E-state index in [2.05, 4.69) is 4.98 Å². The fourth-order valence-corrected chi connectivity index (χ4v) is 1.06. The molecular weight excluding hydrogens is 188 g/mol. The van der Waals surface area contributed by atoms with Crippen molar-refractivity contribution in [3.63, 3.8) is 0 Å². The molecule has 0 amide bonds. The number of halogens is 1. The van der Waals surface area contributed by atoms with E-state index in [9.17, 15) is 0 Å². The second kappa shape index (κ2) is 4.33. The van der Waals surface area contributed by atoms with Crippen LogP contribution < -0.4 is 10.5 Å². The van der Waals surface area contributed by atoms with E-state index < -0.39 is 0 Å². The van der Waals surface area contributed by atoms with Gasteiger partial charge in [0.2, 0.25) is 0 Å². The molecule has 1 rings (SSSR count). The highest BCUT2D eigenvalue weighted by Crippen LogP contribution is 2.30. The van der Waals surface area contributed by atoms with E-state index in [-0.39, 0.29) is 6.10 Å². The summed E-state index contributed by atoms with van der Waals surface area (Å²) in [6.07, 6.45) is 4.08. The zero-order valence-corrected chi connectivity index (χ0v) is 8.51. The second-order valence-corrected chi connectivity index (χ2v) is 3.28. The van der Waals surface area contributed by atoms with Crippen molar-refractivity contribution in [1.29, 1.82) is 0 Å². The molecule has 0 aliphatic rings. The van der Waals surface area contributed by atoms with Crippen LogP contribution >= 0.6 is 11.6 Å². The van der Waals surface area contributed by atoms with Crippen LogP contribution in [0.5, 0.6) is 5.75 Å². The van der Waals surface area contributed by atoms with E-state index in [0.717, 1.165) is 6.42 Å². The molecule has 1 aromatic rings. The molecule has 13 heavy (non-hydrogen) atoms. The third-order valence-corrected chi connectivity index (χ3v) is 2.04. The summed E-state index contributed by atoms with van der Waals surface area (Å²) in [4.78, 5) is 3.84. The maximum atomic E-state index is 5.86. The van der Waals surface area contributed by atoms with Crippen molar-refractivity contribution in [1.82, 2.24) is 4.98 Å². The minimum Gasteiger partial charge on any atom is -0.487 e. The molecule has 0 aromatic carbocycles. The van der Waals surface area contributed by atoms with Gasteiger partial charge < -0.3 is 10.5 Å². The Balaban J connectivity index is 2.87. The molecule has 1 aromatic heterocycles. The summed E-state index contributed by atoms with van der Waals surface area (Å²) in [7, 11) is 0. The number of anilines is 1. The SMILES string of the molecule is CCC(C)Oc1c(N)cncc1Cl. The van der Waals surface area contributed by atoms with Crippen LogP contribution in [0.15, 0.2) is 12.4 Å². The van der Waals surface area contributed by atoms with Crippen molar-refractivity contribution in [2.45, 2.75) is 26.4 Å². The molecule has 0 aliphatic carbocycles. The third kappa shape index (κ3) is 2.49. The summed E-state index contributed by atoms with van der Waals surface area (Å²) in [5.74, 6) is 0.533. The van der Waals surface area contributed by atoms with Crippen molar-refractivity contribution in [2.75, 3.05) is 5.73 Å². The topological polar surface area (TPSA) is 48.1 Å². The third-order valence-electron chi connectivity index (χ3n) is 1.77. The van der Waals surface area contributed by atoms with Crippen LogP contribution in [0, 0.1) is 0 Å². The predicted molar refractivity (Wildman–Crippen MR) is 54.0 cm³/mol. The van der Waals surface area contributed by atoms with Gasteiger partial charge in [0.1, 0.15) is 5.02 Å². The molecule has 0 saturated heterocycles. The Labute approximate surface area is 82.9 Å². The van der Waals surface area contributed by atoms with Crippen molar-refractivity contribution in [3.8, 4) is 5.75 Å². The van der Waals surface area contributed by atoms with Crippen molar-refractivity contribution < 1.29 is 4.74 Å². The Bertz CT molecular complexity index is 271. The first-order chi connectivity index (χ1) is 6.15. The molecule has 0 fully saturated rings. The highest BCUT2D eigenvalue weighted by Gasteiger charge is 2.09. The van der Waals surface area contributed by atoms with Gasteiger partial charge in [0, 0.05) is 6.20 Å². The van der Waals surface area contributed by atoms with Gasteiger partial charge in [-0.3, -0.25) is 4.98 Å². The lowest BCUT2D eigenvalue weighted by molar-refractivity contribution is 0.218. The van der Waals surface area contributed by atoms with Crippen LogP contribution in [0.3, 0.4) is 0 Å². The number of nitrogen functional groups attached to an aromatic ring is 1. The Morgan fingerprint density at radius 2 is 2.31 bits per heavy atom. The zero-order chi connectivity index (χ0) is 9.84. The van der Waals surface area contributed by atoms with Crippen molar-refractivity contribution in [3.05, 3.63) is 17.4 Å². The van der Waals surface area contributed by atoms with Gasteiger partial charge in [-0.25, -0.2) is 0 Å². The monoisotopic (exact) mass is 200 g/mol. The summed E-state index contributed by atoms with van der Waals surface area (Å²) in [5.41, 5.74) is 6.13. The number of pyridine rings is 1. The van der Waals surface area contributed by atoms with E-state index in [1.165, 1.54) is 12.4 Å². The van der Waals surface area contributed by atoms with E-state index in [4.69, 9.17) is 22.1 Å². The average molecular weight is 201 g/mol. The van der Waals surface area contributed by atoms with Gasteiger partial charge in [-0.05, 0) is 13.3 Å². The Morgan fingerprint density at radius 1 is 1.62 bits per heavy atom. The summed E-state index contributed by atoms with van der Waals surface area (Å²) >= 11 is 5.86. The fraction of sp³-hybridized carbons (Fsp3) is 0.444. The number of nitrogens with zero attached hydrogens (tertiary/aromatic N) is 1. The first-order valence-corrected chi connectivity index (χ1v) is 4.58. The van der Waals surface area contributed by atoms with Gasteiger partial charge >= 0.3 is 0 Å². The van der Waals surface area contributed by atoms with Gasteiger partial charge in [-0.15, -0.1) is 0 Å². The van der Waals surface area contributed by atoms with Crippen molar-refractivity contribution >= 4 is 17.3 Å². The van der Waals surface area contributed by atoms with E-state index >= 15 is 0 Å². The number of hydrogen-bond donors (Lipinski definition) is 1. The summed E-state index contributed by atoms with van der Waals surface area (Å²) in [6.45, 7) is 4.01. The van der Waals surface area contributed by atoms with Crippen LogP contribution in [-0.4, -0.2) is 11.1 Å². The highest BCUT2D eigenvalue weighted by atomic mass is 35.5. The number of ether oxygens (including phenoxy) is 1. The minimum absolute atomic E-state index is 0.113. The highest BCUT2D eigenvalue weighted by molar-refractivity contribution is 6.32. The van der Waals surface area contributed by atoms with Crippen LogP contribution in [0.1, 0.15) is 20.3 Å². The summed E-state index contributed by atoms with van der Waals surface area (Å²) in [5, 5.41) is 0.459. The number of nitrogens with two attached hydrogens (primary N) is 1. The summed E-state index contributed by atoms with van der Waals surface area (Å²) < 4.78 is 5.53. The largest absolute Gasteiger partial charge is 0.487 e. The number of hydrogen-bond acceptors (Lipinski definition) is 3. The number of rotatable bonds is 3. The molecule has 72 valence electrons. The predicted octanol–water partition coefficient (Wildman–Crippen LogP) is 2.49. The minimum atomic E-state index is 0.113. The first-order valence-electron chi connectivity index (χ1n) is 4.20. The van der Waals surface area contributed by atoms with Crippen LogP contribution in [0.25, 0.3) is 0 Å². The zero-order valence-electron chi connectivity index (χ0n) is 7.75. The molecule has 0 saturated carbocycles. The van der Waals surface area contributed by atoms with E-state index in [0.29, 0.717) is 16.5 Å². The molecule has 1 unspecified atom stereocenters. The molecular formula is C9H13ClN2O. The van der Waals surface area contributed by atoms with E-state index in [1.54, 1.807) is 0 Å². The molecule has 0 aliphatic heterocycles. The smallest absolute Gasteiger partial charge is 0.164 e. The molecule has 1 atom stereocenters. The Hall–Kier alpha value is -0.960. The molecule has 0 bridgehead atoms. The standard InChI is InChI=1S/C9H13ClN2O/c1-3-6(2)13-9-7(10)4-12-5-8(9)11/h4-6H,3,11H2,1-2H3. The maximum Gasteiger partial charge on any atom is 0.164 e. The maximum absolute atomic E-state index is 5.86. The lowest BCUT2D eigenvalue weighted by Crippen LogP contribution is -2.11. The van der Waals surface area contributed by atoms with Gasteiger partial charge in [0.15, 0.2) is 5.75 Å². The molecule has 3 nitrogen and oxygen atoms in total. The Kier molecular flexibility index (Phi) is 3.37. The average Bonchev–Trinajstić information content (AvgIpc) is 2.11. The molecule has 0 spiro atoms. The normalized spacial score (nSPS) is 12.5.